The maximum Gasteiger partial charge on any atom is 0.300 e. The van der Waals surface area contributed by atoms with Crippen molar-refractivity contribution in [2.45, 2.75) is 138 Å². The lowest BCUT2D eigenvalue weighted by molar-refractivity contribution is -0.134. The van der Waals surface area contributed by atoms with Gasteiger partial charge in [0.15, 0.2) is 0 Å². The Labute approximate surface area is 250 Å². The number of aliphatic hydroxyl groups is 2. The van der Waals surface area contributed by atoms with Crippen LogP contribution in [0.4, 0.5) is 0 Å². The first-order valence-electron chi connectivity index (χ1n) is 17.3. The Morgan fingerprint density at radius 1 is 0.659 bits per heavy atom. The fourth-order valence-electron chi connectivity index (χ4n) is 12.2. The molecule has 0 aliphatic heterocycles. The second-order valence-electron chi connectivity index (χ2n) is 17.2. The van der Waals surface area contributed by atoms with E-state index in [2.05, 4.69) is 41.5 Å². The third-order valence-corrected chi connectivity index (χ3v) is 15.6. The molecule has 0 aromatic rings. The summed E-state index contributed by atoms with van der Waals surface area (Å²) in [6, 6.07) is 0. The van der Waals surface area contributed by atoms with Gasteiger partial charge in [0.05, 0.1) is 12.2 Å². The largest absolute Gasteiger partial charge is 0.481 e. The van der Waals surface area contributed by atoms with Crippen LogP contribution >= 0.6 is 0 Å². The predicted octanol–water partition coefficient (Wildman–Crippen LogP) is 7.57. The maximum absolute atomic E-state index is 10.5. The van der Waals surface area contributed by atoms with Crippen LogP contribution in [0.2, 0.25) is 0 Å². The monoisotopic (exact) mass is 574 g/mol. The molecule has 12 atom stereocenters. The zero-order valence-corrected chi connectivity index (χ0v) is 27.3. The first kappa shape index (κ1) is 31.8. The molecule has 4 bridgehead atoms. The molecule has 5 heteroatoms. The molecule has 12 unspecified atom stereocenters. The number of carbonyl (C=O) groups is 1. The number of hydrogen-bond acceptors (Lipinski definition) is 4. The van der Waals surface area contributed by atoms with Crippen molar-refractivity contribution in [3.05, 3.63) is 0 Å². The molecule has 0 aromatic carbocycles. The number of aliphatic hydroxyl groups excluding tert-OH is 2. The topological polar surface area (TPSA) is 87.0 Å². The summed E-state index contributed by atoms with van der Waals surface area (Å²) in [6.45, 7) is 16.9. The van der Waals surface area contributed by atoms with Gasteiger partial charge in [0, 0.05) is 32.0 Å². The van der Waals surface area contributed by atoms with E-state index in [1.54, 1.807) is 0 Å². The molecule has 0 heterocycles. The van der Waals surface area contributed by atoms with Crippen molar-refractivity contribution in [1.82, 2.24) is 0 Å². The highest BCUT2D eigenvalue weighted by Crippen LogP contribution is 2.72. The minimum Gasteiger partial charge on any atom is -0.481 e. The van der Waals surface area contributed by atoms with E-state index in [0.717, 1.165) is 68.1 Å². The van der Waals surface area contributed by atoms with Gasteiger partial charge in [-0.25, -0.2) is 0 Å². The van der Waals surface area contributed by atoms with E-state index >= 15 is 0 Å². The Kier molecular flexibility index (Phi) is 8.81. The quantitative estimate of drug-likeness (QED) is 0.304. The van der Waals surface area contributed by atoms with E-state index in [-0.39, 0.29) is 37.3 Å². The van der Waals surface area contributed by atoms with Crippen molar-refractivity contribution in [2.24, 2.45) is 69.0 Å². The zero-order valence-electron chi connectivity index (χ0n) is 27.3. The number of carboxylic acids is 1. The van der Waals surface area contributed by atoms with Crippen LogP contribution in [0, 0.1) is 69.0 Å². The molecule has 6 aliphatic carbocycles. The highest BCUT2D eigenvalue weighted by Gasteiger charge is 2.64. The highest BCUT2D eigenvalue weighted by molar-refractivity contribution is 5.62. The zero-order chi connectivity index (χ0) is 30.0. The molecule has 6 rings (SSSR count). The summed E-state index contributed by atoms with van der Waals surface area (Å²) < 4.78 is 6.90. The molecule has 6 fully saturated rings. The molecular formula is C36H62O5. The molecular weight excluding hydrogens is 512 g/mol. The van der Waals surface area contributed by atoms with Gasteiger partial charge in [0.1, 0.15) is 0 Å². The van der Waals surface area contributed by atoms with Crippen molar-refractivity contribution in [3.63, 3.8) is 0 Å². The lowest BCUT2D eigenvalue weighted by atomic mass is 9.59. The Balaban J connectivity index is 0.000000794. The summed E-state index contributed by atoms with van der Waals surface area (Å²) in [5.41, 5.74) is 1.89. The third-order valence-electron chi connectivity index (χ3n) is 15.6. The van der Waals surface area contributed by atoms with Crippen molar-refractivity contribution in [1.29, 1.82) is 0 Å². The van der Waals surface area contributed by atoms with E-state index < -0.39 is 5.97 Å². The number of hydrogen-bond donors (Lipinski definition) is 3. The molecule has 41 heavy (non-hydrogen) atoms. The summed E-state index contributed by atoms with van der Waals surface area (Å²) >= 11 is 0. The number of fused-ring (bicyclic) bond motifs is 4. The SMILES string of the molecule is CC(=O)O.CC1(C)C2CCC1(C)C(C1CCC(OC3CCC(C4CC5CCC4(C)C5(C)C)CC3CO)C(CO)C1)C2. The molecule has 0 radical (unpaired) electrons. The van der Waals surface area contributed by atoms with E-state index in [1.807, 2.05) is 0 Å². The minimum absolute atomic E-state index is 0.176. The molecule has 6 aliphatic rings. The van der Waals surface area contributed by atoms with Crippen molar-refractivity contribution >= 4 is 5.97 Å². The predicted molar refractivity (Wildman–Crippen MR) is 163 cm³/mol. The van der Waals surface area contributed by atoms with Gasteiger partial charge in [-0.05, 0) is 134 Å². The number of rotatable bonds is 6. The third kappa shape index (κ3) is 5.14. The molecule has 0 aromatic heterocycles. The van der Waals surface area contributed by atoms with Gasteiger partial charge in [-0.3, -0.25) is 4.79 Å². The molecule has 3 N–H and O–H groups in total. The van der Waals surface area contributed by atoms with Crippen LogP contribution in [0.15, 0.2) is 0 Å². The molecule has 0 amide bonds. The number of aliphatic carboxylic acids is 1. The standard InChI is InChI=1S/C34H58O3.C2H4O2/c1-31(2)25-11-13-33(31,5)27(17-25)21-7-9-29(23(15-21)19-35)37-30-10-8-22(16-24(30)20-36)28-18-26-12-14-34(28,6)32(26,3)4;1-2(3)4/h21-30,35-36H,7-20H2,1-6H3;1H3,(H,3,4). The van der Waals surface area contributed by atoms with Gasteiger partial charge in [0.25, 0.3) is 5.97 Å². The van der Waals surface area contributed by atoms with Gasteiger partial charge >= 0.3 is 0 Å². The lowest BCUT2D eigenvalue weighted by Gasteiger charge is -2.48. The van der Waals surface area contributed by atoms with Gasteiger partial charge in [-0.1, -0.05) is 41.5 Å². The van der Waals surface area contributed by atoms with E-state index in [1.165, 1.54) is 51.4 Å². The normalized spacial score (nSPS) is 49.5. The summed E-state index contributed by atoms with van der Waals surface area (Å²) in [5.74, 6) is 4.64. The fourth-order valence-corrected chi connectivity index (χ4v) is 12.2. The van der Waals surface area contributed by atoms with Gasteiger partial charge in [-0.2, -0.15) is 0 Å². The van der Waals surface area contributed by atoms with Crippen LogP contribution in [0.3, 0.4) is 0 Å². The van der Waals surface area contributed by atoms with Gasteiger partial charge < -0.3 is 20.1 Å². The summed E-state index contributed by atoms with van der Waals surface area (Å²) in [7, 11) is 0. The second-order valence-corrected chi connectivity index (χ2v) is 17.2. The first-order valence-corrected chi connectivity index (χ1v) is 17.3. The van der Waals surface area contributed by atoms with Crippen LogP contribution in [0.1, 0.15) is 126 Å². The number of carboxylic acid groups (broad SMARTS) is 1. The molecule has 0 saturated heterocycles. The summed E-state index contributed by atoms with van der Waals surface area (Å²) in [5, 5.41) is 28.4. The summed E-state index contributed by atoms with van der Waals surface area (Å²) in [6.07, 6.45) is 15.8. The van der Waals surface area contributed by atoms with Crippen molar-refractivity contribution < 1.29 is 24.9 Å². The Bertz CT molecular complexity index is 872. The average molecular weight is 575 g/mol. The van der Waals surface area contributed by atoms with Crippen molar-refractivity contribution in [3.8, 4) is 0 Å². The van der Waals surface area contributed by atoms with Crippen LogP contribution in [-0.2, 0) is 9.53 Å². The highest BCUT2D eigenvalue weighted by atomic mass is 16.5. The van der Waals surface area contributed by atoms with E-state index in [4.69, 9.17) is 14.6 Å². The maximum atomic E-state index is 10.5. The fraction of sp³-hybridized carbons (Fsp3) is 0.972. The molecule has 5 nitrogen and oxygen atoms in total. The molecule has 236 valence electrons. The molecule has 6 saturated carbocycles. The van der Waals surface area contributed by atoms with Crippen LogP contribution in [0.5, 0.6) is 0 Å². The first-order chi connectivity index (χ1) is 19.2. The Hall–Kier alpha value is -0.650. The van der Waals surface area contributed by atoms with Gasteiger partial charge in [-0.15, -0.1) is 0 Å². The molecule has 0 spiro atoms. The van der Waals surface area contributed by atoms with Crippen LogP contribution in [0.25, 0.3) is 0 Å². The van der Waals surface area contributed by atoms with E-state index in [9.17, 15) is 10.2 Å². The smallest absolute Gasteiger partial charge is 0.300 e. The summed E-state index contributed by atoms with van der Waals surface area (Å²) in [4.78, 5) is 9.00. The van der Waals surface area contributed by atoms with Gasteiger partial charge in [0.2, 0.25) is 0 Å². The van der Waals surface area contributed by atoms with E-state index in [0.29, 0.717) is 21.7 Å². The second kappa shape index (κ2) is 11.4. The van der Waals surface area contributed by atoms with Crippen LogP contribution in [-0.4, -0.2) is 46.7 Å². The Morgan fingerprint density at radius 2 is 1.02 bits per heavy atom. The van der Waals surface area contributed by atoms with Crippen molar-refractivity contribution in [2.75, 3.05) is 13.2 Å². The average Bonchev–Trinajstić information content (AvgIpc) is 3.45. The number of ether oxygens (including phenoxy) is 1. The Morgan fingerprint density at radius 3 is 1.29 bits per heavy atom. The van der Waals surface area contributed by atoms with Crippen LogP contribution < -0.4 is 0 Å². The minimum atomic E-state index is -0.833. The lowest BCUT2D eigenvalue weighted by Crippen LogP contribution is -2.45.